The molecule has 0 bridgehead atoms. The van der Waals surface area contributed by atoms with Gasteiger partial charge >= 0.3 is 0 Å². The Balaban J connectivity index is 1.70. The molecule has 24 heavy (non-hydrogen) atoms. The lowest BCUT2D eigenvalue weighted by molar-refractivity contribution is 0.0947. The molecular weight excluding hydrogens is 325 g/mol. The van der Waals surface area contributed by atoms with Gasteiger partial charge < -0.3 is 15.2 Å². The van der Waals surface area contributed by atoms with Crippen LogP contribution >= 0.6 is 11.3 Å². The number of rotatable bonds is 5. The molecule has 0 radical (unpaired) electrons. The van der Waals surface area contributed by atoms with Gasteiger partial charge in [-0.2, -0.15) is 0 Å². The maximum atomic E-state index is 13.8. The van der Waals surface area contributed by atoms with E-state index in [-0.39, 0.29) is 11.7 Å². The minimum absolute atomic E-state index is 0.229. The number of carbonyl (C=O) groups excluding carboxylic acids is 1. The van der Waals surface area contributed by atoms with Crippen molar-refractivity contribution in [1.82, 2.24) is 15.2 Å². The van der Waals surface area contributed by atoms with Crippen LogP contribution in [0.15, 0.2) is 30.3 Å². The van der Waals surface area contributed by atoms with Crippen LogP contribution in [0, 0.1) is 12.7 Å². The molecule has 0 saturated carbocycles. The summed E-state index contributed by atoms with van der Waals surface area (Å²) in [5, 5.41) is 3.63. The second-order valence-electron chi connectivity index (χ2n) is 6.12. The normalized spacial score (nSPS) is 11.4. The molecule has 0 unspecified atom stereocenters. The largest absolute Gasteiger partial charge is 0.348 e. The molecule has 3 aromatic rings. The Bertz CT molecular complexity index is 843. The van der Waals surface area contributed by atoms with Crippen LogP contribution in [0.25, 0.3) is 10.9 Å². The summed E-state index contributed by atoms with van der Waals surface area (Å²) in [5.74, 6) is -0.575. The monoisotopic (exact) mass is 345 g/mol. The van der Waals surface area contributed by atoms with Gasteiger partial charge in [0.2, 0.25) is 0 Å². The van der Waals surface area contributed by atoms with Crippen LogP contribution in [0.3, 0.4) is 0 Å². The first-order valence-corrected chi connectivity index (χ1v) is 8.54. The van der Waals surface area contributed by atoms with E-state index in [0.29, 0.717) is 17.8 Å². The summed E-state index contributed by atoms with van der Waals surface area (Å²) in [5.41, 5.74) is 1.70. The van der Waals surface area contributed by atoms with Gasteiger partial charge in [-0.3, -0.25) is 4.79 Å². The fraction of sp³-hybridized carbons (Fsp3) is 0.278. The Labute approximate surface area is 144 Å². The molecule has 0 aliphatic rings. The fourth-order valence-corrected chi connectivity index (χ4v) is 3.70. The molecule has 2 N–H and O–H groups in total. The zero-order chi connectivity index (χ0) is 17.3. The van der Waals surface area contributed by atoms with E-state index in [2.05, 4.69) is 21.3 Å². The molecule has 0 atom stereocenters. The van der Waals surface area contributed by atoms with E-state index in [1.165, 1.54) is 10.9 Å². The second kappa shape index (κ2) is 6.75. The molecular formula is C18H20FN3OS. The van der Waals surface area contributed by atoms with Gasteiger partial charge in [-0.25, -0.2) is 4.39 Å². The van der Waals surface area contributed by atoms with Crippen molar-refractivity contribution in [2.75, 3.05) is 14.1 Å². The first-order chi connectivity index (χ1) is 11.4. The van der Waals surface area contributed by atoms with Crippen LogP contribution in [-0.2, 0) is 13.1 Å². The summed E-state index contributed by atoms with van der Waals surface area (Å²) in [6, 6.07) is 8.93. The highest BCUT2D eigenvalue weighted by Crippen LogP contribution is 2.22. The summed E-state index contributed by atoms with van der Waals surface area (Å²) in [6.45, 7) is 3.25. The van der Waals surface area contributed by atoms with Gasteiger partial charge in [-0.15, -0.1) is 11.3 Å². The Kier molecular flexibility index (Phi) is 4.69. The Hall–Kier alpha value is -2.18. The third kappa shape index (κ3) is 3.49. The highest BCUT2D eigenvalue weighted by molar-refractivity contribution is 7.11. The van der Waals surface area contributed by atoms with E-state index in [9.17, 15) is 9.18 Å². The Morgan fingerprint density at radius 3 is 2.71 bits per heavy atom. The molecule has 0 fully saturated rings. The third-order valence-electron chi connectivity index (χ3n) is 3.82. The first-order valence-electron chi connectivity index (χ1n) is 7.72. The van der Waals surface area contributed by atoms with Crippen molar-refractivity contribution < 1.29 is 9.18 Å². The van der Waals surface area contributed by atoms with Gasteiger partial charge in [-0.05, 0) is 50.8 Å². The lowest BCUT2D eigenvalue weighted by atomic mass is 10.1. The number of benzene rings is 1. The second-order valence-corrected chi connectivity index (χ2v) is 7.38. The number of amides is 1. The van der Waals surface area contributed by atoms with Crippen molar-refractivity contribution in [3.63, 3.8) is 0 Å². The van der Waals surface area contributed by atoms with Crippen molar-refractivity contribution in [2.45, 2.75) is 20.0 Å². The van der Waals surface area contributed by atoms with Crippen LogP contribution in [-0.4, -0.2) is 29.9 Å². The number of aromatic nitrogens is 1. The fourth-order valence-electron chi connectivity index (χ4n) is 2.62. The molecule has 0 aliphatic heterocycles. The predicted octanol–water partition coefficient (Wildman–Crippen LogP) is 3.67. The van der Waals surface area contributed by atoms with Gasteiger partial charge in [-0.1, -0.05) is 6.07 Å². The lowest BCUT2D eigenvalue weighted by Gasteiger charge is -2.06. The minimum atomic E-state index is -0.346. The Morgan fingerprint density at radius 2 is 2.00 bits per heavy atom. The molecule has 0 spiro atoms. The van der Waals surface area contributed by atoms with Gasteiger partial charge in [0.25, 0.3) is 5.91 Å². The van der Waals surface area contributed by atoms with E-state index in [1.54, 1.807) is 23.5 Å². The number of thiophene rings is 1. The van der Waals surface area contributed by atoms with Gasteiger partial charge in [0.15, 0.2) is 0 Å². The quantitative estimate of drug-likeness (QED) is 0.741. The average Bonchev–Trinajstić information content (AvgIpc) is 3.15. The third-order valence-corrected chi connectivity index (χ3v) is 4.89. The maximum absolute atomic E-state index is 13.8. The number of halogens is 1. The number of carbonyl (C=O) groups is 1. The number of aryl methyl sites for hydroxylation is 1. The number of nitrogens with zero attached hydrogens (tertiary/aromatic N) is 1. The van der Waals surface area contributed by atoms with E-state index < -0.39 is 0 Å². The summed E-state index contributed by atoms with van der Waals surface area (Å²) < 4.78 is 13.8. The number of hydrogen-bond donors (Lipinski definition) is 2. The van der Waals surface area contributed by atoms with Gasteiger partial charge in [0.1, 0.15) is 11.5 Å². The van der Waals surface area contributed by atoms with Crippen LogP contribution in [0.5, 0.6) is 0 Å². The van der Waals surface area contributed by atoms with Crippen LogP contribution in [0.4, 0.5) is 4.39 Å². The standard InChI is InChI=1S/C18H20FN3OS/c1-11-4-7-15(19)17-14(11)8-16(21-17)18(23)20-9-12-5-6-13(24-12)10-22(2)3/h4-8,21H,9-10H2,1-3H3,(H,20,23). The van der Waals surface area contributed by atoms with E-state index in [1.807, 2.05) is 27.1 Å². The number of H-pyrrole nitrogens is 1. The summed E-state index contributed by atoms with van der Waals surface area (Å²) in [4.78, 5) is 19.7. The number of fused-ring (bicyclic) bond motifs is 1. The van der Waals surface area contributed by atoms with E-state index in [0.717, 1.165) is 22.4 Å². The molecule has 2 aromatic heterocycles. The highest BCUT2D eigenvalue weighted by atomic mass is 32.1. The molecule has 3 rings (SSSR count). The van der Waals surface area contributed by atoms with Crippen molar-refractivity contribution in [2.24, 2.45) is 0 Å². The van der Waals surface area contributed by atoms with Crippen molar-refractivity contribution in [3.8, 4) is 0 Å². The van der Waals surface area contributed by atoms with E-state index >= 15 is 0 Å². The molecule has 4 nitrogen and oxygen atoms in total. The average molecular weight is 345 g/mol. The molecule has 0 aliphatic carbocycles. The summed E-state index contributed by atoms with van der Waals surface area (Å²) in [6.07, 6.45) is 0. The van der Waals surface area contributed by atoms with Crippen molar-refractivity contribution >= 4 is 28.1 Å². The molecule has 1 aromatic carbocycles. The zero-order valence-corrected chi connectivity index (χ0v) is 14.8. The molecule has 126 valence electrons. The smallest absolute Gasteiger partial charge is 0.268 e. The molecule has 0 saturated heterocycles. The molecule has 1 amide bonds. The molecule has 2 heterocycles. The van der Waals surface area contributed by atoms with Crippen molar-refractivity contribution in [3.05, 3.63) is 57.2 Å². The minimum Gasteiger partial charge on any atom is -0.348 e. The van der Waals surface area contributed by atoms with Crippen molar-refractivity contribution in [1.29, 1.82) is 0 Å². The first kappa shape index (κ1) is 16.7. The SMILES string of the molecule is Cc1ccc(F)c2[nH]c(C(=O)NCc3ccc(CN(C)C)s3)cc12. The number of hydrogen-bond acceptors (Lipinski definition) is 3. The number of nitrogens with one attached hydrogen (secondary N) is 2. The molecule has 6 heteroatoms. The topological polar surface area (TPSA) is 48.1 Å². The zero-order valence-electron chi connectivity index (χ0n) is 13.9. The van der Waals surface area contributed by atoms with E-state index in [4.69, 9.17) is 0 Å². The lowest BCUT2D eigenvalue weighted by Crippen LogP contribution is -2.22. The highest BCUT2D eigenvalue weighted by Gasteiger charge is 2.13. The summed E-state index contributed by atoms with van der Waals surface area (Å²) >= 11 is 1.68. The van der Waals surface area contributed by atoms with Gasteiger partial charge in [0.05, 0.1) is 12.1 Å². The number of aromatic amines is 1. The van der Waals surface area contributed by atoms with Crippen LogP contribution in [0.2, 0.25) is 0 Å². The van der Waals surface area contributed by atoms with Gasteiger partial charge in [0, 0.05) is 21.7 Å². The Morgan fingerprint density at radius 1 is 1.25 bits per heavy atom. The van der Waals surface area contributed by atoms with Crippen LogP contribution in [0.1, 0.15) is 25.8 Å². The van der Waals surface area contributed by atoms with Crippen LogP contribution < -0.4 is 5.32 Å². The predicted molar refractivity (Wildman–Crippen MR) is 95.9 cm³/mol. The maximum Gasteiger partial charge on any atom is 0.268 e. The summed E-state index contributed by atoms with van der Waals surface area (Å²) in [7, 11) is 4.05.